The summed E-state index contributed by atoms with van der Waals surface area (Å²) in [7, 11) is 0.560. The summed E-state index contributed by atoms with van der Waals surface area (Å²) in [4.78, 5) is 0.00198. The number of oxime groups is 1. The van der Waals surface area contributed by atoms with Crippen LogP contribution in [0.15, 0.2) is 99.9 Å². The SMILES string of the molecule is COc1cc(-c2ccc(C3(C)CC(S(=O)(=O)c4ccc(F)cc4)=C(c4ccc(/C(N)=N\O)cc4)O3)cc2)cc(OC)c1OC. The molecule has 5 rings (SSSR count). The third-order valence-corrected chi connectivity index (χ3v) is 9.44. The van der Waals surface area contributed by atoms with Gasteiger partial charge in [-0.3, -0.25) is 0 Å². The number of nitrogens with two attached hydrogens (primary N) is 1. The molecule has 11 heteroatoms. The first-order chi connectivity index (χ1) is 21.0. The minimum absolute atomic E-state index is 0.0214. The number of sulfone groups is 1. The van der Waals surface area contributed by atoms with Crippen molar-refractivity contribution in [1.82, 2.24) is 0 Å². The lowest BCUT2D eigenvalue weighted by molar-refractivity contribution is 0.0777. The average Bonchev–Trinajstić information content (AvgIpc) is 3.43. The summed E-state index contributed by atoms with van der Waals surface area (Å²) >= 11 is 0. The van der Waals surface area contributed by atoms with Crippen LogP contribution in [0, 0.1) is 5.82 Å². The molecule has 1 aliphatic heterocycles. The fourth-order valence-electron chi connectivity index (χ4n) is 5.17. The molecule has 228 valence electrons. The third-order valence-electron chi connectivity index (χ3n) is 7.57. The van der Waals surface area contributed by atoms with Gasteiger partial charge in [-0.15, -0.1) is 0 Å². The van der Waals surface area contributed by atoms with Crippen molar-refractivity contribution < 1.29 is 37.0 Å². The Hall–Kier alpha value is -5.03. The Morgan fingerprint density at radius 3 is 1.95 bits per heavy atom. The lowest BCUT2D eigenvalue weighted by atomic mass is 9.91. The number of amidine groups is 1. The van der Waals surface area contributed by atoms with Crippen LogP contribution in [-0.2, 0) is 20.2 Å². The summed E-state index contributed by atoms with van der Waals surface area (Å²) in [6.07, 6.45) is 0.0214. The van der Waals surface area contributed by atoms with Crippen molar-refractivity contribution in [2.45, 2.75) is 23.8 Å². The van der Waals surface area contributed by atoms with E-state index in [0.717, 1.165) is 28.8 Å². The predicted octanol–water partition coefficient (Wildman–Crippen LogP) is 6.09. The Morgan fingerprint density at radius 2 is 1.43 bits per heavy atom. The minimum atomic E-state index is -4.08. The second-order valence-electron chi connectivity index (χ2n) is 10.3. The number of hydrogen-bond acceptors (Lipinski definition) is 8. The summed E-state index contributed by atoms with van der Waals surface area (Å²) in [5, 5.41) is 12.0. The Kier molecular flexibility index (Phi) is 8.25. The molecular formula is C33H31FN2O7S. The second kappa shape index (κ2) is 11.9. The molecule has 0 saturated carbocycles. The standard InChI is InChI=1S/C33H31FN2O7S/c1-33(24-11-9-20(10-12-24)23-17-27(40-2)31(42-4)28(18-23)41-3)19-29(44(38,39)26-15-13-25(34)14-16-26)30(43-33)21-5-7-22(8-6-21)32(35)36-37/h5-18,37H,19H2,1-4H3,(H2,35,36). The van der Waals surface area contributed by atoms with Gasteiger partial charge in [0.25, 0.3) is 0 Å². The third kappa shape index (κ3) is 5.53. The van der Waals surface area contributed by atoms with Gasteiger partial charge in [0.05, 0.1) is 31.1 Å². The van der Waals surface area contributed by atoms with Crippen LogP contribution in [0.4, 0.5) is 4.39 Å². The number of halogens is 1. The minimum Gasteiger partial charge on any atom is -0.493 e. The van der Waals surface area contributed by atoms with Gasteiger partial charge in [-0.05, 0) is 60.0 Å². The summed E-state index contributed by atoms with van der Waals surface area (Å²) in [5.41, 5.74) is 8.01. The van der Waals surface area contributed by atoms with E-state index in [9.17, 15) is 12.8 Å². The number of rotatable bonds is 9. The normalized spacial score (nSPS) is 16.9. The van der Waals surface area contributed by atoms with Crippen LogP contribution in [-0.4, -0.2) is 40.8 Å². The van der Waals surface area contributed by atoms with E-state index in [2.05, 4.69) is 5.16 Å². The number of methoxy groups -OCH3 is 3. The van der Waals surface area contributed by atoms with Gasteiger partial charge in [-0.1, -0.05) is 53.7 Å². The molecule has 4 aromatic carbocycles. The van der Waals surface area contributed by atoms with E-state index in [0.29, 0.717) is 28.4 Å². The average molecular weight is 619 g/mol. The highest BCUT2D eigenvalue weighted by Gasteiger charge is 2.44. The Labute approximate surface area is 254 Å². The molecular weight excluding hydrogens is 587 g/mol. The topological polar surface area (TPSA) is 130 Å². The molecule has 1 unspecified atom stereocenters. The molecule has 0 aliphatic carbocycles. The molecule has 0 radical (unpaired) electrons. The van der Waals surface area contributed by atoms with Crippen molar-refractivity contribution >= 4 is 21.4 Å². The van der Waals surface area contributed by atoms with Gasteiger partial charge >= 0.3 is 0 Å². The quantitative estimate of drug-likeness (QED) is 0.0758. The van der Waals surface area contributed by atoms with E-state index in [-0.39, 0.29) is 27.8 Å². The highest BCUT2D eigenvalue weighted by Crippen LogP contribution is 2.49. The predicted molar refractivity (Wildman–Crippen MR) is 164 cm³/mol. The van der Waals surface area contributed by atoms with Crippen molar-refractivity contribution in [3.63, 3.8) is 0 Å². The molecule has 0 saturated heterocycles. The molecule has 44 heavy (non-hydrogen) atoms. The fourth-order valence-corrected chi connectivity index (χ4v) is 6.82. The van der Waals surface area contributed by atoms with Gasteiger partial charge < -0.3 is 29.9 Å². The molecule has 0 fully saturated rings. The van der Waals surface area contributed by atoms with Crippen LogP contribution in [0.5, 0.6) is 17.2 Å². The van der Waals surface area contributed by atoms with Crippen molar-refractivity contribution in [3.05, 3.63) is 112 Å². The van der Waals surface area contributed by atoms with Crippen molar-refractivity contribution in [3.8, 4) is 28.4 Å². The zero-order valence-corrected chi connectivity index (χ0v) is 25.3. The first-order valence-electron chi connectivity index (χ1n) is 13.5. The van der Waals surface area contributed by atoms with Gasteiger partial charge in [0.15, 0.2) is 17.3 Å². The maximum atomic E-state index is 13.9. The number of hydrogen-bond donors (Lipinski definition) is 2. The fraction of sp³-hybridized carbons (Fsp3) is 0.182. The van der Waals surface area contributed by atoms with Gasteiger partial charge in [0, 0.05) is 17.5 Å². The molecule has 1 heterocycles. The molecule has 1 atom stereocenters. The smallest absolute Gasteiger partial charge is 0.206 e. The highest BCUT2D eigenvalue weighted by molar-refractivity contribution is 7.95. The largest absolute Gasteiger partial charge is 0.493 e. The Morgan fingerprint density at radius 1 is 0.864 bits per heavy atom. The summed E-state index contributed by atoms with van der Waals surface area (Å²) in [6.45, 7) is 1.82. The van der Waals surface area contributed by atoms with E-state index in [4.69, 9.17) is 29.9 Å². The van der Waals surface area contributed by atoms with Crippen LogP contribution in [0.25, 0.3) is 16.9 Å². The highest BCUT2D eigenvalue weighted by atomic mass is 32.2. The van der Waals surface area contributed by atoms with Gasteiger partial charge in [-0.25, -0.2) is 12.8 Å². The lowest BCUT2D eigenvalue weighted by Gasteiger charge is -2.26. The van der Waals surface area contributed by atoms with Crippen LogP contribution < -0.4 is 19.9 Å². The summed E-state index contributed by atoms with van der Waals surface area (Å²) in [6, 6.07) is 22.4. The molecule has 1 aliphatic rings. The van der Waals surface area contributed by atoms with Crippen molar-refractivity contribution in [2.24, 2.45) is 10.9 Å². The Bertz CT molecular complexity index is 1830. The van der Waals surface area contributed by atoms with Crippen molar-refractivity contribution in [2.75, 3.05) is 21.3 Å². The van der Waals surface area contributed by atoms with Crippen LogP contribution in [0.2, 0.25) is 0 Å². The van der Waals surface area contributed by atoms with Crippen LogP contribution in [0.3, 0.4) is 0 Å². The molecule has 0 amide bonds. The zero-order chi connectivity index (χ0) is 31.6. The molecule has 3 N–H and O–H groups in total. The monoisotopic (exact) mass is 618 g/mol. The molecule has 0 aromatic heterocycles. The van der Waals surface area contributed by atoms with E-state index in [1.165, 1.54) is 19.2 Å². The Balaban J connectivity index is 1.55. The van der Waals surface area contributed by atoms with Crippen LogP contribution in [0.1, 0.15) is 30.0 Å². The van der Waals surface area contributed by atoms with Crippen molar-refractivity contribution in [1.29, 1.82) is 0 Å². The van der Waals surface area contributed by atoms with Gasteiger partial charge in [-0.2, -0.15) is 0 Å². The van der Waals surface area contributed by atoms with Gasteiger partial charge in [0.1, 0.15) is 17.2 Å². The zero-order valence-electron chi connectivity index (χ0n) is 24.5. The lowest BCUT2D eigenvalue weighted by Crippen LogP contribution is -2.21. The molecule has 4 aromatic rings. The molecule has 9 nitrogen and oxygen atoms in total. The van der Waals surface area contributed by atoms with E-state index in [1.54, 1.807) is 38.5 Å². The summed E-state index contributed by atoms with van der Waals surface area (Å²) in [5.74, 6) is 1.04. The number of ether oxygens (including phenoxy) is 4. The molecule has 0 bridgehead atoms. The molecule has 0 spiro atoms. The number of nitrogens with zero attached hydrogens (tertiary/aromatic N) is 1. The first kappa shape index (κ1) is 30.4. The second-order valence-corrected chi connectivity index (χ2v) is 12.2. The number of benzene rings is 4. The van der Waals surface area contributed by atoms with E-state index < -0.39 is 21.3 Å². The maximum Gasteiger partial charge on any atom is 0.206 e. The van der Waals surface area contributed by atoms with E-state index >= 15 is 0 Å². The van der Waals surface area contributed by atoms with Gasteiger partial charge in [0.2, 0.25) is 15.6 Å². The first-order valence-corrected chi connectivity index (χ1v) is 14.9. The maximum absolute atomic E-state index is 13.9. The summed E-state index contributed by atoms with van der Waals surface area (Å²) < 4.78 is 64.4. The van der Waals surface area contributed by atoms with E-state index in [1.807, 2.05) is 43.3 Å². The van der Waals surface area contributed by atoms with Crippen LogP contribution >= 0.6 is 0 Å².